The van der Waals surface area contributed by atoms with Gasteiger partial charge in [0.25, 0.3) is 0 Å². The molecule has 0 heterocycles. The van der Waals surface area contributed by atoms with Gasteiger partial charge in [0.1, 0.15) is 0 Å². The van der Waals surface area contributed by atoms with Gasteiger partial charge in [0.15, 0.2) is 0 Å². The largest absolute Gasteiger partial charge is 0.316 e. The first-order valence-corrected chi connectivity index (χ1v) is 7.07. The number of hydrogen-bond donors (Lipinski definition) is 1. The molecule has 86 valence electrons. The van der Waals surface area contributed by atoms with Crippen LogP contribution in [0.15, 0.2) is 0 Å². The SMILES string of the molecule is CSCCCCNCC(C)C(C)(C)C. The van der Waals surface area contributed by atoms with Crippen LogP contribution in [0, 0.1) is 11.3 Å². The lowest BCUT2D eigenvalue weighted by Crippen LogP contribution is -2.30. The van der Waals surface area contributed by atoms with Crippen LogP contribution >= 0.6 is 11.8 Å². The number of thioether (sulfide) groups is 1. The molecule has 0 amide bonds. The molecule has 1 N–H and O–H groups in total. The van der Waals surface area contributed by atoms with Gasteiger partial charge in [0.2, 0.25) is 0 Å². The predicted octanol–water partition coefficient (Wildman–Crippen LogP) is 3.40. The van der Waals surface area contributed by atoms with Crippen molar-refractivity contribution in [2.45, 2.75) is 40.5 Å². The smallest absolute Gasteiger partial charge is 0.00182 e. The fourth-order valence-corrected chi connectivity index (χ4v) is 1.61. The number of unbranched alkanes of at least 4 members (excludes halogenated alkanes) is 1. The summed E-state index contributed by atoms with van der Waals surface area (Å²) in [7, 11) is 0. The molecule has 2 heteroatoms. The van der Waals surface area contributed by atoms with Crippen molar-refractivity contribution in [3.8, 4) is 0 Å². The van der Waals surface area contributed by atoms with E-state index in [1.165, 1.54) is 25.1 Å². The maximum Gasteiger partial charge on any atom is -0.00182 e. The van der Waals surface area contributed by atoms with Gasteiger partial charge >= 0.3 is 0 Å². The van der Waals surface area contributed by atoms with E-state index < -0.39 is 0 Å². The zero-order valence-electron chi connectivity index (χ0n) is 10.5. The van der Waals surface area contributed by atoms with Gasteiger partial charge < -0.3 is 5.32 Å². The standard InChI is InChI=1S/C12H27NS/c1-11(12(2,3)4)10-13-8-6-7-9-14-5/h11,13H,6-10H2,1-5H3. The molecule has 1 unspecified atom stereocenters. The topological polar surface area (TPSA) is 12.0 Å². The summed E-state index contributed by atoms with van der Waals surface area (Å²) in [6, 6.07) is 0. The lowest BCUT2D eigenvalue weighted by atomic mass is 9.82. The van der Waals surface area contributed by atoms with Crippen LogP contribution in [0.25, 0.3) is 0 Å². The van der Waals surface area contributed by atoms with E-state index in [1.807, 2.05) is 11.8 Å². The van der Waals surface area contributed by atoms with Crippen molar-refractivity contribution in [2.24, 2.45) is 11.3 Å². The monoisotopic (exact) mass is 217 g/mol. The molecule has 0 aliphatic carbocycles. The fourth-order valence-electron chi connectivity index (χ4n) is 1.12. The minimum Gasteiger partial charge on any atom is -0.316 e. The Balaban J connectivity index is 3.28. The Bertz CT molecular complexity index is 129. The highest BCUT2D eigenvalue weighted by atomic mass is 32.2. The Labute approximate surface area is 94.4 Å². The third kappa shape index (κ3) is 7.69. The molecule has 0 aliphatic heterocycles. The molecule has 0 aromatic heterocycles. The number of nitrogens with one attached hydrogen (secondary N) is 1. The van der Waals surface area contributed by atoms with Gasteiger partial charge in [-0.05, 0) is 49.3 Å². The molecule has 0 radical (unpaired) electrons. The van der Waals surface area contributed by atoms with Crippen molar-refractivity contribution in [1.82, 2.24) is 5.32 Å². The summed E-state index contributed by atoms with van der Waals surface area (Å²) >= 11 is 1.94. The summed E-state index contributed by atoms with van der Waals surface area (Å²) in [6.07, 6.45) is 4.84. The minimum atomic E-state index is 0.437. The Morgan fingerprint density at radius 1 is 1.21 bits per heavy atom. The van der Waals surface area contributed by atoms with Crippen LogP contribution in [-0.4, -0.2) is 25.1 Å². The van der Waals surface area contributed by atoms with E-state index in [9.17, 15) is 0 Å². The highest BCUT2D eigenvalue weighted by Crippen LogP contribution is 2.24. The first-order valence-electron chi connectivity index (χ1n) is 5.68. The lowest BCUT2D eigenvalue weighted by Gasteiger charge is -2.27. The maximum atomic E-state index is 3.54. The average molecular weight is 217 g/mol. The van der Waals surface area contributed by atoms with E-state index in [0.717, 1.165) is 12.5 Å². The highest BCUT2D eigenvalue weighted by molar-refractivity contribution is 7.98. The van der Waals surface area contributed by atoms with Crippen LogP contribution in [0.5, 0.6) is 0 Å². The molecule has 14 heavy (non-hydrogen) atoms. The first-order chi connectivity index (χ1) is 6.48. The Hall–Kier alpha value is 0.310. The van der Waals surface area contributed by atoms with E-state index in [0.29, 0.717) is 5.41 Å². The Kier molecular flexibility index (Phi) is 7.75. The molecule has 1 nitrogen and oxygen atoms in total. The van der Waals surface area contributed by atoms with Crippen LogP contribution in [0.2, 0.25) is 0 Å². The van der Waals surface area contributed by atoms with Crippen LogP contribution in [0.4, 0.5) is 0 Å². The Morgan fingerprint density at radius 3 is 2.36 bits per heavy atom. The minimum absolute atomic E-state index is 0.437. The average Bonchev–Trinajstić information content (AvgIpc) is 2.09. The van der Waals surface area contributed by atoms with Crippen molar-refractivity contribution in [1.29, 1.82) is 0 Å². The van der Waals surface area contributed by atoms with E-state index in [1.54, 1.807) is 0 Å². The van der Waals surface area contributed by atoms with Gasteiger partial charge in [0, 0.05) is 0 Å². The quantitative estimate of drug-likeness (QED) is 0.656. The van der Waals surface area contributed by atoms with Crippen LogP contribution in [0.3, 0.4) is 0 Å². The molecule has 1 atom stereocenters. The van der Waals surface area contributed by atoms with E-state index in [-0.39, 0.29) is 0 Å². The molecule has 0 bridgehead atoms. The highest BCUT2D eigenvalue weighted by Gasteiger charge is 2.18. The number of rotatable bonds is 7. The fraction of sp³-hybridized carbons (Fsp3) is 1.00. The van der Waals surface area contributed by atoms with Crippen molar-refractivity contribution < 1.29 is 0 Å². The summed E-state index contributed by atoms with van der Waals surface area (Å²) in [4.78, 5) is 0. The van der Waals surface area contributed by atoms with Gasteiger partial charge in [0.05, 0.1) is 0 Å². The molecular formula is C12H27NS. The van der Waals surface area contributed by atoms with E-state index >= 15 is 0 Å². The van der Waals surface area contributed by atoms with E-state index in [2.05, 4.69) is 39.3 Å². The van der Waals surface area contributed by atoms with Crippen LogP contribution in [-0.2, 0) is 0 Å². The van der Waals surface area contributed by atoms with Crippen LogP contribution < -0.4 is 5.32 Å². The molecule has 0 spiro atoms. The zero-order chi connectivity index (χ0) is 11.0. The van der Waals surface area contributed by atoms with Crippen molar-refractivity contribution >= 4 is 11.8 Å². The summed E-state index contributed by atoms with van der Waals surface area (Å²) in [5.74, 6) is 2.05. The molecule has 0 aromatic rings. The molecule has 0 aliphatic rings. The third-order valence-corrected chi connectivity index (χ3v) is 3.58. The maximum absolute atomic E-state index is 3.54. The summed E-state index contributed by atoms with van der Waals surface area (Å²) in [5.41, 5.74) is 0.437. The third-order valence-electron chi connectivity index (χ3n) is 2.88. The molecular weight excluding hydrogens is 190 g/mol. The molecule has 0 rings (SSSR count). The lowest BCUT2D eigenvalue weighted by molar-refractivity contribution is 0.253. The van der Waals surface area contributed by atoms with Gasteiger partial charge in [-0.1, -0.05) is 27.7 Å². The summed E-state index contributed by atoms with van der Waals surface area (Å²) in [6.45, 7) is 11.6. The molecule has 0 fully saturated rings. The van der Waals surface area contributed by atoms with Gasteiger partial charge in [-0.25, -0.2) is 0 Å². The molecule has 0 aromatic carbocycles. The second kappa shape index (κ2) is 7.58. The molecule has 0 saturated heterocycles. The van der Waals surface area contributed by atoms with Crippen molar-refractivity contribution in [2.75, 3.05) is 25.1 Å². The van der Waals surface area contributed by atoms with Crippen molar-refractivity contribution in [3.05, 3.63) is 0 Å². The number of hydrogen-bond acceptors (Lipinski definition) is 2. The van der Waals surface area contributed by atoms with E-state index in [4.69, 9.17) is 0 Å². The van der Waals surface area contributed by atoms with Gasteiger partial charge in [-0.2, -0.15) is 11.8 Å². The van der Waals surface area contributed by atoms with Crippen LogP contribution in [0.1, 0.15) is 40.5 Å². The summed E-state index contributed by atoms with van der Waals surface area (Å²) < 4.78 is 0. The summed E-state index contributed by atoms with van der Waals surface area (Å²) in [5, 5.41) is 3.54. The second-order valence-corrected chi connectivity index (χ2v) is 6.16. The first kappa shape index (κ1) is 14.3. The van der Waals surface area contributed by atoms with Crippen molar-refractivity contribution in [3.63, 3.8) is 0 Å². The zero-order valence-corrected chi connectivity index (χ0v) is 11.3. The van der Waals surface area contributed by atoms with Gasteiger partial charge in [-0.15, -0.1) is 0 Å². The second-order valence-electron chi connectivity index (χ2n) is 5.17. The van der Waals surface area contributed by atoms with Gasteiger partial charge in [-0.3, -0.25) is 0 Å². The Morgan fingerprint density at radius 2 is 1.86 bits per heavy atom. The molecule has 0 saturated carbocycles. The predicted molar refractivity (Wildman–Crippen MR) is 69.1 cm³/mol. The normalized spacial score (nSPS) is 14.4.